The van der Waals surface area contributed by atoms with Crippen molar-refractivity contribution in [2.45, 2.75) is 176 Å². The van der Waals surface area contributed by atoms with Gasteiger partial charge in [-0.05, 0) is 192 Å². The number of hydrogen-bond acceptors (Lipinski definition) is 5. The van der Waals surface area contributed by atoms with Crippen LogP contribution in [-0.4, -0.2) is 27.4 Å². The first-order chi connectivity index (χ1) is 30.2. The van der Waals surface area contributed by atoms with Gasteiger partial charge in [0, 0.05) is 0 Å². The van der Waals surface area contributed by atoms with E-state index in [-0.39, 0.29) is 116 Å². The molecule has 366 valence electrons. The second kappa shape index (κ2) is 33.6. The number of hydrogen-bond donors (Lipinski definition) is 1. The molecule has 4 saturated carbocycles. The molecule has 0 amide bonds. The molecule has 1 N–H and O–H groups in total. The number of carbonyl (C=O) groups excluding carboxylic acids is 1. The summed E-state index contributed by atoms with van der Waals surface area (Å²) >= 11 is 3.54. The van der Waals surface area contributed by atoms with Gasteiger partial charge in [0.2, 0.25) is 0 Å². The van der Waals surface area contributed by atoms with Gasteiger partial charge in [0.1, 0.15) is 11.5 Å². The van der Waals surface area contributed by atoms with Crippen LogP contribution in [0.2, 0.25) is 0 Å². The SMILES string of the molecule is CCCC1CCC(C2CCC(c3ccc(O)cc3)CC2)CC1.CCCC1CCC(C2CCC(c3ccc(OC(F)(F)C=C(F)F)cc3)CC2)CC1.FC(F)(Br)CC(F)(F)Br.O=CO[O-].[H-].[K+].[K+]. The van der Waals surface area contributed by atoms with Gasteiger partial charge in [-0.2, -0.15) is 35.1 Å². The number of alkyl halides is 8. The number of rotatable bonds is 14. The molecule has 17 heteroatoms. The van der Waals surface area contributed by atoms with E-state index in [4.69, 9.17) is 10.1 Å². The first-order valence-corrected chi connectivity index (χ1v) is 24.7. The Balaban J connectivity index is 0.00000101. The number of phenolic OH excluding ortho intramolecular Hbond substituents is 1. The van der Waals surface area contributed by atoms with Crippen LogP contribution in [-0.2, 0) is 9.68 Å². The molecule has 5 nitrogen and oxygen atoms in total. The summed E-state index contributed by atoms with van der Waals surface area (Å²) in [6, 6.07) is 14.4. The van der Waals surface area contributed by atoms with Crippen molar-refractivity contribution in [3.05, 3.63) is 71.8 Å². The van der Waals surface area contributed by atoms with Crippen molar-refractivity contribution in [2.75, 3.05) is 0 Å². The predicted molar refractivity (Wildman–Crippen MR) is 241 cm³/mol. The van der Waals surface area contributed by atoms with Crippen LogP contribution >= 0.6 is 31.9 Å². The molecule has 2 aromatic rings. The maximum atomic E-state index is 13.3. The fourth-order valence-corrected chi connectivity index (χ4v) is 11.7. The van der Waals surface area contributed by atoms with Crippen LogP contribution in [0.5, 0.6) is 11.5 Å². The van der Waals surface area contributed by atoms with Crippen molar-refractivity contribution < 1.29 is 164 Å². The van der Waals surface area contributed by atoms with Crippen LogP contribution in [0.1, 0.15) is 173 Å². The van der Waals surface area contributed by atoms with E-state index in [1.54, 1.807) is 44.0 Å². The van der Waals surface area contributed by atoms with Crippen molar-refractivity contribution in [1.29, 1.82) is 0 Å². The predicted octanol–water partition coefficient (Wildman–Crippen LogP) is 10.5. The molecule has 4 fully saturated rings. The van der Waals surface area contributed by atoms with Crippen LogP contribution < -0.4 is 113 Å². The minimum atomic E-state index is -4.01. The molecular weight excluding hydrogens is 1060 g/mol. The molecule has 0 aliphatic heterocycles. The number of halogens is 10. The monoisotopic (exact) mass is 1120 g/mol. The van der Waals surface area contributed by atoms with Gasteiger partial charge in [-0.25, -0.2) is 0 Å². The van der Waals surface area contributed by atoms with Crippen LogP contribution in [0.3, 0.4) is 0 Å². The number of benzene rings is 2. The molecule has 0 bridgehead atoms. The molecule has 4 aliphatic carbocycles. The summed E-state index contributed by atoms with van der Waals surface area (Å²) < 4.78 is 102. The Labute approximate surface area is 491 Å². The zero-order valence-corrected chi connectivity index (χ0v) is 48.5. The average molecular weight is 1130 g/mol. The zero-order valence-electron chi connectivity index (χ0n) is 40.1. The third-order valence-electron chi connectivity index (χ3n) is 13.7. The Bertz CT molecular complexity index is 1600. The van der Waals surface area contributed by atoms with Crippen molar-refractivity contribution in [3.8, 4) is 11.5 Å². The topological polar surface area (TPSA) is 78.8 Å². The Kier molecular flexibility index (Phi) is 33.0. The summed E-state index contributed by atoms with van der Waals surface area (Å²) in [6.07, 6.45) is 18.9. The van der Waals surface area contributed by atoms with Gasteiger partial charge in [-0.15, -0.1) is 0 Å². The molecule has 0 heterocycles. The molecule has 2 aromatic carbocycles. The molecular formula is C49H68Br2F8K2O5. The van der Waals surface area contributed by atoms with Crippen molar-refractivity contribution in [1.82, 2.24) is 0 Å². The molecule has 0 atom stereocenters. The molecule has 0 aromatic heterocycles. The summed E-state index contributed by atoms with van der Waals surface area (Å²) in [4.78, 5) is 4.25. The van der Waals surface area contributed by atoms with E-state index in [0.717, 1.165) is 59.8 Å². The minimum absolute atomic E-state index is 0. The number of ether oxygens (including phenoxy) is 1. The summed E-state index contributed by atoms with van der Waals surface area (Å²) in [7, 11) is 0. The van der Waals surface area contributed by atoms with Gasteiger partial charge in [-0.3, -0.25) is 4.79 Å². The second-order valence-corrected chi connectivity index (χ2v) is 20.5. The standard InChI is InChI=1S/C24H32F4O.C21H32O.C3H2Br2F4.CH2O3.2K.H/c1-2-3-17-4-6-18(7-5-17)19-8-10-20(11-9-19)21-12-14-22(15-13-21)29-24(27,28)16-23(25)26;1-2-3-16-4-6-17(7-5-16)18-8-10-19(11-9-18)20-12-14-21(22)15-13-20;4-2(6,7)1-3(5,8)9;2-1-4-3;;;/h12-20H,2-11H2,1H3;12-19,22H,2-11H2,1H3;1H2;1,3H;;;/q;;;;2*+1;-1/p-1. The van der Waals surface area contributed by atoms with E-state index in [0.29, 0.717) is 11.7 Å². The number of carbonyl (C=O) groups is 1. The molecule has 0 radical (unpaired) electrons. The Morgan fingerprint density at radius 2 is 0.955 bits per heavy atom. The first-order valence-electron chi connectivity index (χ1n) is 23.1. The van der Waals surface area contributed by atoms with Gasteiger partial charge in [0.05, 0.1) is 12.5 Å². The summed E-state index contributed by atoms with van der Waals surface area (Å²) in [6.45, 7) is 4.43. The largest absolute Gasteiger partial charge is 1.00 e. The van der Waals surface area contributed by atoms with E-state index in [9.17, 15) is 40.2 Å². The third-order valence-corrected chi connectivity index (χ3v) is 14.3. The van der Waals surface area contributed by atoms with E-state index >= 15 is 0 Å². The maximum absolute atomic E-state index is 13.3. The van der Waals surface area contributed by atoms with Gasteiger partial charge in [0.15, 0.2) is 0 Å². The Morgan fingerprint density at radius 3 is 1.23 bits per heavy atom. The number of phenols is 1. The average Bonchev–Trinajstić information content (AvgIpc) is 3.24. The molecule has 6 rings (SSSR count). The van der Waals surface area contributed by atoms with Gasteiger partial charge >= 0.3 is 119 Å². The normalized spacial score (nSPS) is 25.5. The maximum Gasteiger partial charge on any atom is 1.00 e. The fourth-order valence-electron chi connectivity index (χ4n) is 10.7. The van der Waals surface area contributed by atoms with Gasteiger partial charge in [-0.1, -0.05) is 89.5 Å². The van der Waals surface area contributed by atoms with Gasteiger partial charge in [0.25, 0.3) is 12.6 Å². The van der Waals surface area contributed by atoms with E-state index < -0.39 is 34.3 Å². The molecule has 0 spiro atoms. The van der Waals surface area contributed by atoms with Crippen molar-refractivity contribution >= 4 is 38.3 Å². The molecule has 0 unspecified atom stereocenters. The summed E-state index contributed by atoms with van der Waals surface area (Å²) in [5.41, 5.74) is 2.56. The molecule has 66 heavy (non-hydrogen) atoms. The van der Waals surface area contributed by atoms with Crippen molar-refractivity contribution in [2.24, 2.45) is 35.5 Å². The molecule has 4 aliphatic rings. The Hall–Kier alpha value is 0.883. The Morgan fingerprint density at radius 1 is 0.636 bits per heavy atom. The van der Waals surface area contributed by atoms with Crippen molar-refractivity contribution in [3.63, 3.8) is 0 Å². The summed E-state index contributed by atoms with van der Waals surface area (Å²) in [5, 5.41) is 17.9. The van der Waals surface area contributed by atoms with Crippen LogP contribution in [0.4, 0.5) is 35.1 Å². The first kappa shape index (κ1) is 64.9. The van der Waals surface area contributed by atoms with E-state index in [2.05, 4.69) is 35.6 Å². The third kappa shape index (κ3) is 26.5. The number of aromatic hydroxyl groups is 1. The summed E-state index contributed by atoms with van der Waals surface area (Å²) in [5.74, 6) is 7.17. The molecule has 0 saturated heterocycles. The van der Waals surface area contributed by atoms with E-state index in [1.165, 1.54) is 133 Å². The zero-order chi connectivity index (χ0) is 47.3. The van der Waals surface area contributed by atoms with E-state index in [1.807, 2.05) is 12.1 Å². The quantitative estimate of drug-likeness (QED) is 0.0509. The second-order valence-electron chi connectivity index (χ2n) is 18.2. The van der Waals surface area contributed by atoms with Gasteiger partial charge < -0.3 is 21.4 Å². The van der Waals surface area contributed by atoms with Crippen LogP contribution in [0.15, 0.2) is 60.7 Å². The minimum Gasteiger partial charge on any atom is -1.00 e. The van der Waals surface area contributed by atoms with Crippen LogP contribution in [0.25, 0.3) is 0 Å². The fraction of sp³-hybridized carbons (Fsp3) is 0.694. The smallest absolute Gasteiger partial charge is 1.00 e. The van der Waals surface area contributed by atoms with Crippen LogP contribution in [0, 0.1) is 35.5 Å².